The van der Waals surface area contributed by atoms with Gasteiger partial charge in [0, 0.05) is 0 Å². The van der Waals surface area contributed by atoms with E-state index in [9.17, 15) is 5.11 Å². The normalized spacial score (nSPS) is 11.2. The Balaban J connectivity index is 0.000000187. The highest BCUT2D eigenvalue weighted by molar-refractivity contribution is 4.99. The van der Waals surface area contributed by atoms with E-state index in [-0.39, 0.29) is 6.61 Å². The molecule has 1 unspecified atom stereocenters. The maximum Gasteiger partial charge on any atom is 0.108 e. The third-order valence-electron chi connectivity index (χ3n) is 0.908. The van der Waals surface area contributed by atoms with Crippen molar-refractivity contribution in [2.75, 3.05) is 6.61 Å². The summed E-state index contributed by atoms with van der Waals surface area (Å²) in [6.07, 6.45) is -0.671. The van der Waals surface area contributed by atoms with Crippen LogP contribution >= 0.6 is 0 Å². The molecule has 0 aromatic heterocycles. The van der Waals surface area contributed by atoms with Crippen LogP contribution in [-0.2, 0) is 5.11 Å². The van der Waals surface area contributed by atoms with Crippen molar-refractivity contribution in [3.8, 4) is 0 Å². The van der Waals surface area contributed by atoms with Crippen LogP contribution in [0, 0.1) is 0 Å². The minimum Gasteiger partial charge on any atom is -0.391 e. The molecule has 0 heterocycles. The van der Waals surface area contributed by atoms with Gasteiger partial charge in [0.15, 0.2) is 0 Å². The van der Waals surface area contributed by atoms with Crippen molar-refractivity contribution >= 4 is 0 Å². The second kappa shape index (κ2) is 7.25. The standard InChI is InChI=1S/C6H6.C3H7O2/c1-2-4-6-5-3-1;1-3(5)2-4/h1-6H;3,5H,2H2,1H3. The first-order chi connectivity index (χ1) is 5.27. The maximum atomic E-state index is 9.38. The van der Waals surface area contributed by atoms with Gasteiger partial charge in [-0.1, -0.05) is 36.4 Å². The number of benzene rings is 1. The summed E-state index contributed by atoms with van der Waals surface area (Å²) in [6, 6.07) is 12.0. The fourth-order valence-electron chi connectivity index (χ4n) is 0.385. The zero-order chi connectivity index (χ0) is 8.53. The number of hydrogen-bond acceptors (Lipinski definition) is 1. The Hall–Kier alpha value is -0.860. The SMILES string of the molecule is CC(O)C[O].c1ccccc1. The second-order valence-corrected chi connectivity index (χ2v) is 2.17. The smallest absolute Gasteiger partial charge is 0.108 e. The fraction of sp³-hybridized carbons (Fsp3) is 0.333. The minimum atomic E-state index is -0.671. The minimum absolute atomic E-state index is 0.389. The Bertz CT molecular complexity index is 122. The van der Waals surface area contributed by atoms with E-state index in [0.29, 0.717) is 0 Å². The van der Waals surface area contributed by atoms with Crippen molar-refractivity contribution in [3.05, 3.63) is 36.4 Å². The summed E-state index contributed by atoms with van der Waals surface area (Å²) in [5.41, 5.74) is 0. The molecule has 1 atom stereocenters. The van der Waals surface area contributed by atoms with E-state index in [4.69, 9.17) is 5.11 Å². The van der Waals surface area contributed by atoms with Crippen LogP contribution in [-0.4, -0.2) is 17.8 Å². The van der Waals surface area contributed by atoms with Gasteiger partial charge in [0.1, 0.15) is 6.61 Å². The first kappa shape index (κ1) is 10.1. The largest absolute Gasteiger partial charge is 0.391 e. The third kappa shape index (κ3) is 9.14. The monoisotopic (exact) mass is 153 g/mol. The Morgan fingerprint density at radius 1 is 1.09 bits per heavy atom. The van der Waals surface area contributed by atoms with Crippen molar-refractivity contribution < 1.29 is 10.2 Å². The van der Waals surface area contributed by atoms with Gasteiger partial charge in [-0.15, -0.1) is 0 Å². The van der Waals surface area contributed by atoms with Gasteiger partial charge in [0.2, 0.25) is 0 Å². The van der Waals surface area contributed by atoms with E-state index in [1.807, 2.05) is 36.4 Å². The summed E-state index contributed by atoms with van der Waals surface area (Å²) in [7, 11) is 0. The van der Waals surface area contributed by atoms with E-state index in [2.05, 4.69) is 0 Å². The highest BCUT2D eigenvalue weighted by Gasteiger charge is 1.85. The highest BCUT2D eigenvalue weighted by Crippen LogP contribution is 1.79. The molecular weight excluding hydrogens is 140 g/mol. The Kier molecular flexibility index (Phi) is 6.68. The number of aliphatic hydroxyl groups excluding tert-OH is 1. The molecule has 0 aliphatic rings. The molecule has 61 valence electrons. The molecule has 0 saturated carbocycles. The second-order valence-electron chi connectivity index (χ2n) is 2.17. The molecule has 2 heteroatoms. The van der Waals surface area contributed by atoms with E-state index < -0.39 is 6.10 Å². The molecule has 0 aliphatic heterocycles. The Labute approximate surface area is 67.1 Å². The summed E-state index contributed by atoms with van der Waals surface area (Å²) in [4.78, 5) is 0. The van der Waals surface area contributed by atoms with Gasteiger partial charge in [-0.05, 0) is 6.92 Å². The Morgan fingerprint density at radius 2 is 1.27 bits per heavy atom. The molecule has 0 bridgehead atoms. The molecule has 1 aromatic carbocycles. The molecule has 1 aromatic rings. The fourth-order valence-corrected chi connectivity index (χ4v) is 0.385. The van der Waals surface area contributed by atoms with Crippen molar-refractivity contribution in [2.24, 2.45) is 0 Å². The molecule has 1 radical (unpaired) electrons. The number of hydrogen-bond donors (Lipinski definition) is 1. The lowest BCUT2D eigenvalue weighted by Gasteiger charge is -1.87. The summed E-state index contributed by atoms with van der Waals surface area (Å²) >= 11 is 0. The highest BCUT2D eigenvalue weighted by atomic mass is 16.3. The van der Waals surface area contributed by atoms with Crippen LogP contribution in [0.3, 0.4) is 0 Å². The average Bonchev–Trinajstić information content (AvgIpc) is 2.09. The summed E-state index contributed by atoms with van der Waals surface area (Å²) in [6.45, 7) is 1.08. The molecule has 0 aliphatic carbocycles. The van der Waals surface area contributed by atoms with E-state index >= 15 is 0 Å². The van der Waals surface area contributed by atoms with Crippen molar-refractivity contribution in [3.63, 3.8) is 0 Å². The van der Waals surface area contributed by atoms with Crippen molar-refractivity contribution in [1.82, 2.24) is 0 Å². The van der Waals surface area contributed by atoms with Gasteiger partial charge in [-0.3, -0.25) is 0 Å². The third-order valence-corrected chi connectivity index (χ3v) is 0.908. The predicted octanol–water partition coefficient (Wildman–Crippen LogP) is 1.48. The molecule has 0 saturated heterocycles. The summed E-state index contributed by atoms with van der Waals surface area (Å²) < 4.78 is 0. The molecule has 2 nitrogen and oxygen atoms in total. The number of aliphatic hydroxyl groups is 1. The van der Waals surface area contributed by atoms with Crippen LogP contribution in [0.5, 0.6) is 0 Å². The lowest BCUT2D eigenvalue weighted by Crippen LogP contribution is -2.02. The van der Waals surface area contributed by atoms with Gasteiger partial charge in [0.25, 0.3) is 0 Å². The van der Waals surface area contributed by atoms with Gasteiger partial charge in [-0.2, -0.15) is 0 Å². The molecule has 1 N–H and O–H groups in total. The lowest BCUT2D eigenvalue weighted by atomic mass is 10.4. The van der Waals surface area contributed by atoms with Crippen LogP contribution in [0.15, 0.2) is 36.4 Å². The molecule has 0 spiro atoms. The van der Waals surface area contributed by atoms with Gasteiger partial charge in [0.05, 0.1) is 6.10 Å². The lowest BCUT2D eigenvalue weighted by molar-refractivity contribution is 0.0672. The average molecular weight is 153 g/mol. The topological polar surface area (TPSA) is 40.1 Å². The molecular formula is C9H13O2. The van der Waals surface area contributed by atoms with Gasteiger partial charge in [-0.25, -0.2) is 5.11 Å². The van der Waals surface area contributed by atoms with E-state index in [0.717, 1.165) is 0 Å². The van der Waals surface area contributed by atoms with Crippen LogP contribution in [0.2, 0.25) is 0 Å². The number of rotatable bonds is 1. The van der Waals surface area contributed by atoms with E-state index in [1.54, 1.807) is 0 Å². The van der Waals surface area contributed by atoms with Crippen molar-refractivity contribution in [1.29, 1.82) is 0 Å². The van der Waals surface area contributed by atoms with Gasteiger partial charge < -0.3 is 5.11 Å². The predicted molar refractivity (Wildman–Crippen MR) is 43.7 cm³/mol. The van der Waals surface area contributed by atoms with Crippen LogP contribution < -0.4 is 0 Å². The molecule has 0 amide bonds. The van der Waals surface area contributed by atoms with E-state index in [1.165, 1.54) is 6.92 Å². The van der Waals surface area contributed by atoms with Crippen LogP contribution in [0.1, 0.15) is 6.92 Å². The first-order valence-electron chi connectivity index (χ1n) is 3.53. The van der Waals surface area contributed by atoms with Crippen molar-refractivity contribution in [2.45, 2.75) is 13.0 Å². The van der Waals surface area contributed by atoms with Gasteiger partial charge >= 0.3 is 0 Å². The van der Waals surface area contributed by atoms with Crippen LogP contribution in [0.25, 0.3) is 0 Å². The molecule has 11 heavy (non-hydrogen) atoms. The molecule has 0 fully saturated rings. The zero-order valence-corrected chi connectivity index (χ0v) is 6.60. The summed E-state index contributed by atoms with van der Waals surface area (Å²) in [5.74, 6) is 0. The maximum absolute atomic E-state index is 9.38. The zero-order valence-electron chi connectivity index (χ0n) is 6.60. The van der Waals surface area contributed by atoms with Crippen LogP contribution in [0.4, 0.5) is 0 Å². The quantitative estimate of drug-likeness (QED) is 0.652. The Morgan fingerprint density at radius 3 is 1.36 bits per heavy atom. The first-order valence-corrected chi connectivity index (χ1v) is 3.53. The summed E-state index contributed by atoms with van der Waals surface area (Å²) in [5, 5.41) is 17.4. The molecule has 1 rings (SSSR count).